The maximum Gasteiger partial charge on any atom is 1.00 e. The molecule has 2 aliphatic rings. The predicted octanol–water partition coefficient (Wildman–Crippen LogP) is -6.97. The molecule has 2 heterocycles. The third-order valence-electron chi connectivity index (χ3n) is 3.71. The van der Waals surface area contributed by atoms with Gasteiger partial charge >= 0.3 is 51.4 Å². The first-order chi connectivity index (χ1) is 9.96. The summed E-state index contributed by atoms with van der Waals surface area (Å²) in [6.45, 7) is -1.02. The predicted molar refractivity (Wildman–Crippen MR) is 63.6 cm³/mol. The standard InChI is InChI=1S/C12H21O9.K/c13-3-7-11(18)5(15)2-10(20-7)21-12-6(16)1-9(17)19-8(12)4-14;/h5-16,18H,1-4H2;/q-1;+1/t5?,6?,7-,8-,9+,10-,11+,12+;/m1./s1. The van der Waals surface area contributed by atoms with E-state index in [1.54, 1.807) is 0 Å². The van der Waals surface area contributed by atoms with Gasteiger partial charge in [-0.15, -0.1) is 0 Å². The molecular weight excluding hydrogens is 327 g/mol. The van der Waals surface area contributed by atoms with Crippen LogP contribution in [0.1, 0.15) is 12.8 Å². The molecule has 22 heavy (non-hydrogen) atoms. The number of aliphatic hydroxyl groups excluding tert-OH is 5. The zero-order valence-electron chi connectivity index (χ0n) is 12.3. The van der Waals surface area contributed by atoms with Crippen molar-refractivity contribution in [3.8, 4) is 0 Å². The molecule has 9 nitrogen and oxygen atoms in total. The van der Waals surface area contributed by atoms with E-state index in [0.29, 0.717) is 0 Å². The molecule has 0 radical (unpaired) electrons. The van der Waals surface area contributed by atoms with E-state index in [1.807, 2.05) is 0 Å². The molecule has 0 bridgehead atoms. The van der Waals surface area contributed by atoms with Crippen molar-refractivity contribution in [2.75, 3.05) is 13.2 Å². The summed E-state index contributed by atoms with van der Waals surface area (Å²) in [6.07, 6.45) is -9.24. The number of hydrogen-bond acceptors (Lipinski definition) is 9. The van der Waals surface area contributed by atoms with Gasteiger partial charge in [0.1, 0.15) is 24.4 Å². The van der Waals surface area contributed by atoms with Crippen LogP contribution in [0.5, 0.6) is 0 Å². The van der Waals surface area contributed by atoms with Crippen molar-refractivity contribution in [3.63, 3.8) is 0 Å². The molecule has 2 unspecified atom stereocenters. The van der Waals surface area contributed by atoms with E-state index in [-0.39, 0.29) is 64.2 Å². The summed E-state index contributed by atoms with van der Waals surface area (Å²) in [5.74, 6) is 0. The van der Waals surface area contributed by atoms with E-state index in [0.717, 1.165) is 0 Å². The first kappa shape index (κ1) is 21.3. The van der Waals surface area contributed by atoms with Gasteiger partial charge in [0.2, 0.25) is 0 Å². The van der Waals surface area contributed by atoms with Crippen molar-refractivity contribution in [1.29, 1.82) is 0 Å². The SMILES string of the molecule is [K+].[O-][C@@H]1CC(O)[C@H](O[C@@H]2CC(O)[C@H](O)[C@@H](CO)O2)[C@@H](CO)O1. The van der Waals surface area contributed by atoms with Gasteiger partial charge in [-0.3, -0.25) is 0 Å². The van der Waals surface area contributed by atoms with Crippen LogP contribution in [-0.2, 0) is 14.2 Å². The van der Waals surface area contributed by atoms with Crippen LogP contribution in [-0.4, -0.2) is 88.0 Å². The molecular formula is C12H21KO9. The third-order valence-corrected chi connectivity index (χ3v) is 3.71. The van der Waals surface area contributed by atoms with Gasteiger partial charge in [0, 0.05) is 6.42 Å². The Hall–Kier alpha value is 1.28. The molecule has 2 rings (SSSR count). The van der Waals surface area contributed by atoms with Crippen molar-refractivity contribution < 1.29 is 96.2 Å². The zero-order valence-corrected chi connectivity index (χ0v) is 15.4. The Kier molecular flexibility index (Phi) is 9.38. The molecule has 0 aromatic heterocycles. The minimum atomic E-state index is -1.44. The van der Waals surface area contributed by atoms with Crippen LogP contribution in [0.4, 0.5) is 0 Å². The Morgan fingerprint density at radius 1 is 0.955 bits per heavy atom. The Morgan fingerprint density at radius 2 is 1.59 bits per heavy atom. The molecule has 0 aliphatic carbocycles. The molecule has 5 N–H and O–H groups in total. The molecule has 0 aromatic rings. The van der Waals surface area contributed by atoms with Crippen LogP contribution in [0, 0.1) is 0 Å². The largest absolute Gasteiger partial charge is 1.00 e. The molecule has 0 saturated carbocycles. The van der Waals surface area contributed by atoms with Crippen molar-refractivity contribution >= 4 is 0 Å². The molecule has 0 aromatic carbocycles. The second-order valence-electron chi connectivity index (χ2n) is 5.27. The molecule has 124 valence electrons. The van der Waals surface area contributed by atoms with E-state index < -0.39 is 62.4 Å². The minimum absolute atomic E-state index is 0. The molecule has 2 fully saturated rings. The maximum atomic E-state index is 11.3. The van der Waals surface area contributed by atoms with Crippen LogP contribution in [0.15, 0.2) is 0 Å². The first-order valence-corrected chi connectivity index (χ1v) is 6.84. The molecule has 8 atom stereocenters. The fraction of sp³-hybridized carbons (Fsp3) is 1.00. The van der Waals surface area contributed by atoms with Crippen molar-refractivity contribution in [1.82, 2.24) is 0 Å². The fourth-order valence-electron chi connectivity index (χ4n) is 2.56. The van der Waals surface area contributed by atoms with Gasteiger partial charge in [0.25, 0.3) is 0 Å². The Morgan fingerprint density at radius 3 is 2.18 bits per heavy atom. The van der Waals surface area contributed by atoms with E-state index >= 15 is 0 Å². The second kappa shape index (κ2) is 9.68. The summed E-state index contributed by atoms with van der Waals surface area (Å²) >= 11 is 0. The van der Waals surface area contributed by atoms with Crippen molar-refractivity contribution in [2.45, 2.75) is 62.0 Å². The third kappa shape index (κ3) is 5.13. The summed E-state index contributed by atoms with van der Waals surface area (Å²) in [7, 11) is 0. The molecule has 0 amide bonds. The molecule has 2 aliphatic heterocycles. The maximum absolute atomic E-state index is 11.3. The van der Waals surface area contributed by atoms with E-state index in [1.165, 1.54) is 0 Å². The van der Waals surface area contributed by atoms with E-state index in [9.17, 15) is 25.5 Å². The van der Waals surface area contributed by atoms with Crippen LogP contribution in [0.2, 0.25) is 0 Å². The average Bonchev–Trinajstić information content (AvgIpc) is 2.45. The van der Waals surface area contributed by atoms with Crippen LogP contribution in [0.3, 0.4) is 0 Å². The average molecular weight is 348 g/mol. The number of aliphatic hydroxyl groups is 5. The summed E-state index contributed by atoms with van der Waals surface area (Å²) < 4.78 is 15.7. The Labute approximate surface area is 170 Å². The second-order valence-corrected chi connectivity index (χ2v) is 5.27. The number of ether oxygens (including phenoxy) is 3. The molecule has 10 heteroatoms. The minimum Gasteiger partial charge on any atom is -0.831 e. The fourth-order valence-corrected chi connectivity index (χ4v) is 2.56. The molecule has 2 saturated heterocycles. The summed E-state index contributed by atoms with van der Waals surface area (Å²) in [4.78, 5) is 0. The van der Waals surface area contributed by atoms with Gasteiger partial charge in [-0.25, -0.2) is 0 Å². The number of rotatable bonds is 4. The van der Waals surface area contributed by atoms with Crippen molar-refractivity contribution in [3.05, 3.63) is 0 Å². The van der Waals surface area contributed by atoms with Crippen LogP contribution >= 0.6 is 0 Å². The smallest absolute Gasteiger partial charge is 0.831 e. The van der Waals surface area contributed by atoms with Gasteiger partial charge in [0.05, 0.1) is 25.4 Å². The van der Waals surface area contributed by atoms with Gasteiger partial charge in [-0.2, -0.15) is 0 Å². The first-order valence-electron chi connectivity index (χ1n) is 6.84. The monoisotopic (exact) mass is 348 g/mol. The van der Waals surface area contributed by atoms with Crippen LogP contribution in [0.25, 0.3) is 0 Å². The van der Waals surface area contributed by atoms with E-state index in [2.05, 4.69) is 0 Å². The Balaban J connectivity index is 0.00000242. The summed E-state index contributed by atoms with van der Waals surface area (Å²) in [5.41, 5.74) is 0. The van der Waals surface area contributed by atoms with Gasteiger partial charge in [-0.1, -0.05) is 0 Å². The normalized spacial score (nSPS) is 46.1. The van der Waals surface area contributed by atoms with Crippen molar-refractivity contribution in [2.24, 2.45) is 0 Å². The number of hydrogen-bond donors (Lipinski definition) is 5. The van der Waals surface area contributed by atoms with Gasteiger partial charge in [-0.05, 0) is 12.7 Å². The van der Waals surface area contributed by atoms with E-state index in [4.69, 9.17) is 19.3 Å². The van der Waals surface area contributed by atoms with Crippen LogP contribution < -0.4 is 56.5 Å². The Bertz CT molecular complexity index is 334. The zero-order chi connectivity index (χ0) is 15.6. The molecule has 0 spiro atoms. The summed E-state index contributed by atoms with van der Waals surface area (Å²) in [5, 5.41) is 58.7. The summed E-state index contributed by atoms with van der Waals surface area (Å²) in [6, 6.07) is 0. The quantitative estimate of drug-likeness (QED) is 0.312. The van der Waals surface area contributed by atoms with Gasteiger partial charge in [0.15, 0.2) is 6.29 Å². The topological polar surface area (TPSA) is 152 Å². The van der Waals surface area contributed by atoms with Gasteiger partial charge < -0.3 is 44.8 Å².